The standard InChI is InChI=1S/C21H44N6O6/c28-17(29)11-5-3-8-14-23-20-25-19(22-13-7-1-2-10-16-33-32)26-21(27-20)24-15-9-4-6-12-18(30)31/h19-27,32H,1-16H2,(H,28,29)(H,30,31). The largest absolute Gasteiger partial charge is 0.481 e. The molecule has 9 N–H and O–H groups in total. The van der Waals surface area contributed by atoms with Crippen molar-refractivity contribution in [2.75, 3.05) is 26.2 Å². The van der Waals surface area contributed by atoms with E-state index in [-0.39, 0.29) is 31.7 Å². The summed E-state index contributed by atoms with van der Waals surface area (Å²) < 4.78 is 0. The van der Waals surface area contributed by atoms with Crippen molar-refractivity contribution in [1.82, 2.24) is 31.9 Å². The van der Waals surface area contributed by atoms with Crippen molar-refractivity contribution in [2.24, 2.45) is 0 Å². The Labute approximate surface area is 196 Å². The van der Waals surface area contributed by atoms with Crippen LogP contribution in [0.4, 0.5) is 0 Å². The molecule has 1 heterocycles. The van der Waals surface area contributed by atoms with Crippen LogP contribution in [0.3, 0.4) is 0 Å². The van der Waals surface area contributed by atoms with Gasteiger partial charge in [-0.2, -0.15) is 0 Å². The lowest BCUT2D eigenvalue weighted by molar-refractivity contribution is -0.242. The molecular formula is C21H44N6O6. The number of carboxylic acid groups (broad SMARTS) is 2. The van der Waals surface area contributed by atoms with Crippen LogP contribution in [0, 0.1) is 0 Å². The number of unbranched alkanes of at least 4 members (excludes halogenated alkanes) is 7. The van der Waals surface area contributed by atoms with Crippen molar-refractivity contribution in [3.8, 4) is 0 Å². The summed E-state index contributed by atoms with van der Waals surface area (Å²) in [6.07, 6.45) is 8.92. The Bertz CT molecular complexity index is 482. The summed E-state index contributed by atoms with van der Waals surface area (Å²) in [6.45, 7) is 2.75. The molecule has 1 rings (SSSR count). The minimum atomic E-state index is -0.753. The quantitative estimate of drug-likeness (QED) is 0.0609. The second-order valence-corrected chi connectivity index (χ2v) is 8.32. The lowest BCUT2D eigenvalue weighted by Gasteiger charge is -2.40. The maximum absolute atomic E-state index is 10.6. The average Bonchev–Trinajstić information content (AvgIpc) is 2.77. The van der Waals surface area contributed by atoms with Crippen LogP contribution in [0.1, 0.15) is 77.0 Å². The van der Waals surface area contributed by atoms with E-state index >= 15 is 0 Å². The molecule has 33 heavy (non-hydrogen) atoms. The SMILES string of the molecule is O=C(O)CCCCCNC1NC(NCCCCCCOO)NC(NCCCCCC(=O)O)N1. The van der Waals surface area contributed by atoms with Gasteiger partial charge >= 0.3 is 11.9 Å². The van der Waals surface area contributed by atoms with Gasteiger partial charge in [0.15, 0.2) is 0 Å². The Balaban J connectivity index is 2.31. The zero-order valence-electron chi connectivity index (χ0n) is 19.6. The Kier molecular flexibility index (Phi) is 18.0. The van der Waals surface area contributed by atoms with E-state index in [1.807, 2.05) is 0 Å². The van der Waals surface area contributed by atoms with Crippen molar-refractivity contribution in [3.05, 3.63) is 0 Å². The summed E-state index contributed by atoms with van der Waals surface area (Å²) in [6, 6.07) is 0. The van der Waals surface area contributed by atoms with Gasteiger partial charge in [0.1, 0.15) is 18.9 Å². The number of hydrogen-bond acceptors (Lipinski definition) is 10. The Morgan fingerprint density at radius 3 is 1.33 bits per heavy atom. The number of hydrogen-bond donors (Lipinski definition) is 9. The third-order valence-electron chi connectivity index (χ3n) is 5.34. The Morgan fingerprint density at radius 2 is 0.970 bits per heavy atom. The first kappa shape index (κ1) is 29.7. The molecule has 0 bridgehead atoms. The van der Waals surface area contributed by atoms with Gasteiger partial charge in [-0.05, 0) is 58.2 Å². The van der Waals surface area contributed by atoms with Gasteiger partial charge in [0.05, 0.1) is 6.61 Å². The first-order valence-electron chi connectivity index (χ1n) is 12.2. The van der Waals surface area contributed by atoms with E-state index in [1.165, 1.54) is 0 Å². The molecule has 0 aromatic heterocycles. The van der Waals surface area contributed by atoms with Crippen LogP contribution in [0.5, 0.6) is 0 Å². The van der Waals surface area contributed by atoms with E-state index in [1.54, 1.807) is 0 Å². The number of carbonyl (C=O) groups is 2. The molecule has 0 aromatic rings. The molecule has 0 spiro atoms. The van der Waals surface area contributed by atoms with Gasteiger partial charge in [-0.1, -0.05) is 25.7 Å². The Hall–Kier alpha value is -1.38. The van der Waals surface area contributed by atoms with Crippen molar-refractivity contribution in [1.29, 1.82) is 0 Å². The molecule has 1 fully saturated rings. The summed E-state index contributed by atoms with van der Waals surface area (Å²) in [5.41, 5.74) is 0. The molecule has 194 valence electrons. The van der Waals surface area contributed by atoms with Gasteiger partial charge < -0.3 is 10.2 Å². The molecule has 0 saturated carbocycles. The van der Waals surface area contributed by atoms with E-state index in [2.05, 4.69) is 36.8 Å². The van der Waals surface area contributed by atoms with Crippen LogP contribution < -0.4 is 31.9 Å². The fourth-order valence-electron chi connectivity index (χ4n) is 3.54. The minimum Gasteiger partial charge on any atom is -0.481 e. The van der Waals surface area contributed by atoms with Gasteiger partial charge in [0.25, 0.3) is 0 Å². The third kappa shape index (κ3) is 17.7. The maximum atomic E-state index is 10.6. The molecular weight excluding hydrogens is 432 g/mol. The molecule has 1 saturated heterocycles. The number of carboxylic acids is 2. The molecule has 0 amide bonds. The van der Waals surface area contributed by atoms with E-state index in [9.17, 15) is 9.59 Å². The highest BCUT2D eigenvalue weighted by Crippen LogP contribution is 2.02. The van der Waals surface area contributed by atoms with Crippen LogP contribution in [-0.2, 0) is 14.5 Å². The van der Waals surface area contributed by atoms with Crippen LogP contribution >= 0.6 is 0 Å². The van der Waals surface area contributed by atoms with E-state index < -0.39 is 11.9 Å². The highest BCUT2D eigenvalue weighted by molar-refractivity contribution is 5.66. The second-order valence-electron chi connectivity index (χ2n) is 8.32. The van der Waals surface area contributed by atoms with Crippen molar-refractivity contribution in [3.63, 3.8) is 0 Å². The van der Waals surface area contributed by atoms with E-state index in [0.717, 1.165) is 71.0 Å². The summed E-state index contributed by atoms with van der Waals surface area (Å²) in [4.78, 5) is 25.3. The van der Waals surface area contributed by atoms with Gasteiger partial charge in [0, 0.05) is 12.8 Å². The fourth-order valence-corrected chi connectivity index (χ4v) is 3.54. The highest BCUT2D eigenvalue weighted by atomic mass is 17.1. The van der Waals surface area contributed by atoms with Crippen molar-refractivity contribution in [2.45, 2.75) is 95.9 Å². The van der Waals surface area contributed by atoms with Crippen LogP contribution in [0.2, 0.25) is 0 Å². The summed E-state index contributed by atoms with van der Waals surface area (Å²) in [5, 5.41) is 46.4. The van der Waals surface area contributed by atoms with Gasteiger partial charge in [-0.3, -0.25) is 46.7 Å². The molecule has 1 aliphatic heterocycles. The first-order chi connectivity index (χ1) is 16.0. The van der Waals surface area contributed by atoms with Crippen LogP contribution in [0.25, 0.3) is 0 Å². The molecule has 0 aliphatic carbocycles. The summed E-state index contributed by atoms with van der Waals surface area (Å²) in [5.74, 6) is -1.51. The molecule has 2 unspecified atom stereocenters. The predicted octanol–water partition coefficient (Wildman–Crippen LogP) is 0.728. The minimum absolute atomic E-state index is 0.0963. The average molecular weight is 477 g/mol. The number of nitrogens with one attached hydrogen (secondary N) is 6. The van der Waals surface area contributed by atoms with Crippen molar-refractivity contribution < 1.29 is 29.9 Å². The molecule has 12 heteroatoms. The summed E-state index contributed by atoms with van der Waals surface area (Å²) >= 11 is 0. The number of rotatable bonds is 22. The van der Waals surface area contributed by atoms with Gasteiger partial charge in [-0.25, -0.2) is 4.89 Å². The van der Waals surface area contributed by atoms with E-state index in [4.69, 9.17) is 15.5 Å². The molecule has 12 nitrogen and oxygen atoms in total. The fraction of sp³-hybridized carbons (Fsp3) is 0.905. The number of aliphatic carboxylic acids is 2. The first-order valence-corrected chi connectivity index (χ1v) is 12.2. The Morgan fingerprint density at radius 1 is 0.606 bits per heavy atom. The monoisotopic (exact) mass is 476 g/mol. The molecule has 2 atom stereocenters. The van der Waals surface area contributed by atoms with Crippen LogP contribution in [-0.4, -0.2) is 72.5 Å². The normalized spacial score (nSPS) is 20.7. The molecule has 0 radical (unpaired) electrons. The lowest BCUT2D eigenvalue weighted by Crippen LogP contribution is -2.77. The van der Waals surface area contributed by atoms with Gasteiger partial charge in [-0.15, -0.1) is 0 Å². The van der Waals surface area contributed by atoms with Crippen molar-refractivity contribution >= 4 is 11.9 Å². The smallest absolute Gasteiger partial charge is 0.303 e. The maximum Gasteiger partial charge on any atom is 0.303 e. The molecule has 0 aromatic carbocycles. The zero-order chi connectivity index (χ0) is 24.2. The van der Waals surface area contributed by atoms with Gasteiger partial charge in [0.2, 0.25) is 0 Å². The molecule has 1 aliphatic rings. The predicted molar refractivity (Wildman–Crippen MR) is 124 cm³/mol. The second kappa shape index (κ2) is 20.0. The topological polar surface area (TPSA) is 176 Å². The zero-order valence-corrected chi connectivity index (χ0v) is 19.6. The summed E-state index contributed by atoms with van der Waals surface area (Å²) in [7, 11) is 0. The third-order valence-corrected chi connectivity index (χ3v) is 5.34. The van der Waals surface area contributed by atoms with Crippen LogP contribution in [0.15, 0.2) is 0 Å². The lowest BCUT2D eigenvalue weighted by atomic mass is 10.2. The van der Waals surface area contributed by atoms with E-state index in [0.29, 0.717) is 19.4 Å². The highest BCUT2D eigenvalue weighted by Gasteiger charge is 2.25.